The molecule has 0 heterocycles. The topological polar surface area (TPSA) is 43.1 Å². The van der Waals surface area contributed by atoms with Gasteiger partial charge in [0, 0.05) is 15.6 Å². The second-order valence-corrected chi connectivity index (χ2v) is 3.72. The quantitative estimate of drug-likeness (QED) is 0.816. The molecule has 0 aliphatic rings. The van der Waals surface area contributed by atoms with Crippen molar-refractivity contribution >= 4 is 39.5 Å². The van der Waals surface area contributed by atoms with E-state index in [1.165, 1.54) is 6.08 Å². The number of hydrogen-bond acceptors (Lipinski definition) is 1. The maximum atomic E-state index is 10.4. The second kappa shape index (κ2) is 4.44. The van der Waals surface area contributed by atoms with E-state index in [1.807, 2.05) is 12.1 Å². The number of carbonyl (C=O) groups is 1. The zero-order valence-electron chi connectivity index (χ0n) is 6.63. The maximum Gasteiger partial charge on any atom is 0.241 e. The van der Waals surface area contributed by atoms with Crippen LogP contribution in [0.3, 0.4) is 0 Å². The van der Waals surface area contributed by atoms with E-state index in [4.69, 9.17) is 17.3 Å². The highest BCUT2D eigenvalue weighted by Gasteiger charge is 1.97. The molecule has 0 bridgehead atoms. The Morgan fingerprint density at radius 1 is 1.54 bits per heavy atom. The molecule has 2 N–H and O–H groups in total. The van der Waals surface area contributed by atoms with Gasteiger partial charge in [0.05, 0.1) is 0 Å². The van der Waals surface area contributed by atoms with Gasteiger partial charge in [-0.2, -0.15) is 0 Å². The Morgan fingerprint density at radius 3 is 2.85 bits per heavy atom. The van der Waals surface area contributed by atoms with Gasteiger partial charge < -0.3 is 5.73 Å². The van der Waals surface area contributed by atoms with E-state index in [0.717, 1.165) is 10.0 Å². The summed E-state index contributed by atoms with van der Waals surface area (Å²) in [6, 6.07) is 5.37. The molecule has 0 unspecified atom stereocenters. The van der Waals surface area contributed by atoms with Crippen molar-refractivity contribution < 1.29 is 4.79 Å². The van der Waals surface area contributed by atoms with Crippen LogP contribution in [-0.4, -0.2) is 5.91 Å². The molecule has 0 atom stereocenters. The Bertz CT molecular complexity index is 363. The minimum Gasteiger partial charge on any atom is -0.366 e. The third-order valence-electron chi connectivity index (χ3n) is 1.39. The molecule has 0 aromatic heterocycles. The van der Waals surface area contributed by atoms with Crippen LogP contribution in [0.5, 0.6) is 0 Å². The molecule has 0 radical (unpaired) electrons. The van der Waals surface area contributed by atoms with Crippen LogP contribution < -0.4 is 5.73 Å². The van der Waals surface area contributed by atoms with Crippen LogP contribution in [0.2, 0.25) is 5.02 Å². The van der Waals surface area contributed by atoms with Crippen LogP contribution >= 0.6 is 27.5 Å². The Morgan fingerprint density at radius 2 is 2.23 bits per heavy atom. The average Bonchev–Trinajstić information content (AvgIpc) is 2.06. The van der Waals surface area contributed by atoms with Crippen molar-refractivity contribution in [3.05, 3.63) is 39.3 Å². The summed E-state index contributed by atoms with van der Waals surface area (Å²) in [5, 5.41) is 0.584. The Kier molecular flexibility index (Phi) is 3.51. The standard InChI is InChI=1S/C9H7BrClNO/c10-7-2-3-8(11)6(5-7)1-4-9(12)13/h1-5H,(H2,12,13). The van der Waals surface area contributed by atoms with Crippen molar-refractivity contribution in [2.24, 2.45) is 5.73 Å². The molecule has 1 amide bonds. The van der Waals surface area contributed by atoms with Crippen molar-refractivity contribution in [1.82, 2.24) is 0 Å². The number of carbonyl (C=O) groups excluding carboxylic acids is 1. The van der Waals surface area contributed by atoms with Gasteiger partial charge in [0.25, 0.3) is 0 Å². The van der Waals surface area contributed by atoms with Crippen molar-refractivity contribution in [3.8, 4) is 0 Å². The zero-order valence-corrected chi connectivity index (χ0v) is 8.97. The van der Waals surface area contributed by atoms with Gasteiger partial charge in [0.15, 0.2) is 0 Å². The zero-order chi connectivity index (χ0) is 9.84. The van der Waals surface area contributed by atoms with E-state index >= 15 is 0 Å². The molecule has 1 aromatic rings. The van der Waals surface area contributed by atoms with E-state index in [9.17, 15) is 4.79 Å². The lowest BCUT2D eigenvalue weighted by atomic mass is 10.2. The van der Waals surface area contributed by atoms with Gasteiger partial charge in [-0.05, 0) is 29.8 Å². The summed E-state index contributed by atoms with van der Waals surface area (Å²) in [5.74, 6) is -0.490. The summed E-state index contributed by atoms with van der Waals surface area (Å²) in [6.07, 6.45) is 2.85. The summed E-state index contributed by atoms with van der Waals surface area (Å²) in [7, 11) is 0. The number of primary amides is 1. The van der Waals surface area contributed by atoms with Crippen LogP contribution in [0.4, 0.5) is 0 Å². The maximum absolute atomic E-state index is 10.4. The van der Waals surface area contributed by atoms with E-state index in [0.29, 0.717) is 5.02 Å². The third-order valence-corrected chi connectivity index (χ3v) is 2.22. The van der Waals surface area contributed by atoms with Gasteiger partial charge in [0.2, 0.25) is 5.91 Å². The molecule has 0 spiro atoms. The van der Waals surface area contributed by atoms with Gasteiger partial charge in [-0.3, -0.25) is 4.79 Å². The fourth-order valence-corrected chi connectivity index (χ4v) is 1.37. The first kappa shape index (κ1) is 10.3. The van der Waals surface area contributed by atoms with E-state index < -0.39 is 5.91 Å². The minimum absolute atomic E-state index is 0.490. The number of nitrogens with two attached hydrogens (primary N) is 1. The highest BCUT2D eigenvalue weighted by molar-refractivity contribution is 9.10. The molecule has 0 aliphatic carbocycles. The second-order valence-electron chi connectivity index (χ2n) is 2.40. The predicted octanol–water partition coefficient (Wildman–Crippen LogP) is 2.60. The van der Waals surface area contributed by atoms with Crippen LogP contribution in [0.1, 0.15) is 5.56 Å². The summed E-state index contributed by atoms with van der Waals surface area (Å²) in [6.45, 7) is 0. The van der Waals surface area contributed by atoms with Gasteiger partial charge in [-0.1, -0.05) is 27.5 Å². The Hall–Kier alpha value is -0.800. The highest BCUT2D eigenvalue weighted by Crippen LogP contribution is 2.21. The van der Waals surface area contributed by atoms with E-state index in [-0.39, 0.29) is 0 Å². The summed E-state index contributed by atoms with van der Waals surface area (Å²) in [5.41, 5.74) is 5.71. The van der Waals surface area contributed by atoms with Crippen molar-refractivity contribution in [1.29, 1.82) is 0 Å². The molecule has 4 heteroatoms. The highest BCUT2D eigenvalue weighted by atomic mass is 79.9. The largest absolute Gasteiger partial charge is 0.366 e. The van der Waals surface area contributed by atoms with Gasteiger partial charge in [-0.25, -0.2) is 0 Å². The number of hydrogen-bond donors (Lipinski definition) is 1. The molecule has 0 fully saturated rings. The van der Waals surface area contributed by atoms with Crippen LogP contribution in [0, 0.1) is 0 Å². The van der Waals surface area contributed by atoms with Crippen LogP contribution in [0.25, 0.3) is 6.08 Å². The van der Waals surface area contributed by atoms with E-state index in [1.54, 1.807) is 12.1 Å². The molecule has 1 rings (SSSR count). The summed E-state index contributed by atoms with van der Waals surface area (Å²) < 4.78 is 0.904. The summed E-state index contributed by atoms with van der Waals surface area (Å²) in [4.78, 5) is 10.4. The Labute approximate surface area is 89.5 Å². The number of amides is 1. The minimum atomic E-state index is -0.490. The molecule has 0 saturated carbocycles. The molecule has 68 valence electrons. The summed E-state index contributed by atoms with van der Waals surface area (Å²) >= 11 is 9.15. The average molecular weight is 261 g/mol. The fraction of sp³-hybridized carbons (Fsp3) is 0. The normalized spacial score (nSPS) is 10.6. The molecule has 0 saturated heterocycles. The molecular weight excluding hydrogens is 253 g/mol. The SMILES string of the molecule is NC(=O)C=Cc1cc(Br)ccc1Cl. The van der Waals surface area contributed by atoms with Crippen molar-refractivity contribution in [3.63, 3.8) is 0 Å². The molecule has 13 heavy (non-hydrogen) atoms. The third kappa shape index (κ3) is 3.20. The van der Waals surface area contributed by atoms with Gasteiger partial charge >= 0.3 is 0 Å². The first-order valence-electron chi connectivity index (χ1n) is 3.52. The molecule has 2 nitrogen and oxygen atoms in total. The number of halogens is 2. The van der Waals surface area contributed by atoms with Gasteiger partial charge in [0.1, 0.15) is 0 Å². The van der Waals surface area contributed by atoms with Crippen molar-refractivity contribution in [2.75, 3.05) is 0 Å². The number of rotatable bonds is 2. The first-order chi connectivity index (χ1) is 6.09. The monoisotopic (exact) mass is 259 g/mol. The van der Waals surface area contributed by atoms with Crippen LogP contribution in [0.15, 0.2) is 28.7 Å². The number of benzene rings is 1. The smallest absolute Gasteiger partial charge is 0.241 e. The van der Waals surface area contributed by atoms with Crippen LogP contribution in [-0.2, 0) is 4.79 Å². The fourth-order valence-electron chi connectivity index (χ4n) is 0.814. The lowest BCUT2D eigenvalue weighted by Crippen LogP contribution is -2.05. The predicted molar refractivity (Wildman–Crippen MR) is 57.4 cm³/mol. The Balaban J connectivity index is 3.00. The lowest BCUT2D eigenvalue weighted by Gasteiger charge is -1.97. The lowest BCUT2D eigenvalue weighted by molar-refractivity contribution is -0.113. The molecular formula is C9H7BrClNO. The molecule has 0 aliphatic heterocycles. The first-order valence-corrected chi connectivity index (χ1v) is 4.69. The van der Waals surface area contributed by atoms with Crippen molar-refractivity contribution in [2.45, 2.75) is 0 Å². The van der Waals surface area contributed by atoms with Gasteiger partial charge in [-0.15, -0.1) is 0 Å². The molecule has 1 aromatic carbocycles. The van der Waals surface area contributed by atoms with E-state index in [2.05, 4.69) is 15.9 Å².